The Balaban J connectivity index is 2.33. The van der Waals surface area contributed by atoms with E-state index in [-0.39, 0.29) is 17.5 Å². The van der Waals surface area contributed by atoms with Crippen LogP contribution in [0.1, 0.15) is 30.1 Å². The molecule has 2 atom stereocenters. The Kier molecular flexibility index (Phi) is 3.49. The number of fused-ring (bicyclic) bond motifs is 1. The Morgan fingerprint density at radius 2 is 2.05 bits per heavy atom. The summed E-state index contributed by atoms with van der Waals surface area (Å²) in [5.74, 6) is -0.292. The van der Waals surface area contributed by atoms with Crippen LogP contribution in [0.5, 0.6) is 0 Å². The fraction of sp³-hybridized carbons (Fsp3) is 0.353. The van der Waals surface area contributed by atoms with Crippen molar-refractivity contribution < 1.29 is 0 Å². The summed E-state index contributed by atoms with van der Waals surface area (Å²) in [7, 11) is 0. The lowest BCUT2D eigenvalue weighted by molar-refractivity contribution is 0.321. The summed E-state index contributed by atoms with van der Waals surface area (Å²) in [5, 5.41) is 31.0. The third kappa shape index (κ3) is 1.78. The van der Waals surface area contributed by atoms with Crippen LogP contribution in [-0.2, 0) is 0 Å². The van der Waals surface area contributed by atoms with Crippen LogP contribution in [0.25, 0.3) is 0 Å². The molecule has 3 rings (SSSR count). The van der Waals surface area contributed by atoms with Crippen LogP contribution in [-0.4, -0.2) is 0 Å². The zero-order valence-corrected chi connectivity index (χ0v) is 12.7. The highest BCUT2D eigenvalue weighted by molar-refractivity contribution is 7.10. The van der Waals surface area contributed by atoms with E-state index in [1.807, 2.05) is 17.5 Å². The summed E-state index contributed by atoms with van der Waals surface area (Å²) in [6.45, 7) is 0. The lowest BCUT2D eigenvalue weighted by Crippen LogP contribution is -2.42. The van der Waals surface area contributed by atoms with Gasteiger partial charge in [0.05, 0.1) is 23.4 Å². The number of allylic oxidation sites excluding steroid dienone is 4. The summed E-state index contributed by atoms with van der Waals surface area (Å²) in [5.41, 5.74) is 6.08. The standard InChI is InChI=1S/C17H14N4S/c18-8-13-11-4-1-2-5-12(11)15(14-6-3-7-22-14)17(9-19,10-20)16(13)21/h3-4,6-7,12,15H,1-2,5,21H2. The van der Waals surface area contributed by atoms with Crippen molar-refractivity contribution in [2.24, 2.45) is 17.1 Å². The van der Waals surface area contributed by atoms with Crippen molar-refractivity contribution in [2.45, 2.75) is 25.2 Å². The maximum atomic E-state index is 9.77. The molecule has 2 unspecified atom stereocenters. The third-order valence-electron chi connectivity index (χ3n) is 4.65. The summed E-state index contributed by atoms with van der Waals surface area (Å²) < 4.78 is 0. The molecule has 1 aromatic rings. The minimum atomic E-state index is -1.46. The molecule has 0 fully saturated rings. The van der Waals surface area contributed by atoms with E-state index in [2.05, 4.69) is 24.3 Å². The Morgan fingerprint density at radius 1 is 1.27 bits per heavy atom. The SMILES string of the molecule is N#CC1=C(N)C(C#N)(C#N)C(c2cccs2)C2CCCC=C12. The summed E-state index contributed by atoms with van der Waals surface area (Å²) in [4.78, 5) is 0.987. The number of nitrogens with zero attached hydrogens (tertiary/aromatic N) is 3. The average Bonchev–Trinajstić information content (AvgIpc) is 3.08. The normalized spacial score (nSPS) is 26.1. The van der Waals surface area contributed by atoms with Gasteiger partial charge in [0, 0.05) is 10.8 Å². The molecule has 2 aliphatic rings. The fourth-order valence-corrected chi connectivity index (χ4v) is 4.61. The molecule has 0 radical (unpaired) electrons. The number of nitriles is 3. The van der Waals surface area contributed by atoms with E-state index >= 15 is 0 Å². The Bertz CT molecular complexity index is 766. The first-order valence-electron chi connectivity index (χ1n) is 7.16. The zero-order chi connectivity index (χ0) is 15.7. The Labute approximate surface area is 133 Å². The summed E-state index contributed by atoms with van der Waals surface area (Å²) in [6.07, 6.45) is 4.84. The first-order chi connectivity index (χ1) is 10.7. The minimum absolute atomic E-state index is 0.00801. The van der Waals surface area contributed by atoms with E-state index in [0.717, 1.165) is 29.7 Å². The topological polar surface area (TPSA) is 97.4 Å². The highest BCUT2D eigenvalue weighted by atomic mass is 32.1. The lowest BCUT2D eigenvalue weighted by Gasteiger charge is -2.42. The van der Waals surface area contributed by atoms with E-state index in [0.29, 0.717) is 5.57 Å². The van der Waals surface area contributed by atoms with Crippen molar-refractivity contribution >= 4 is 11.3 Å². The second-order valence-electron chi connectivity index (χ2n) is 5.62. The molecule has 0 saturated carbocycles. The van der Waals surface area contributed by atoms with Crippen molar-refractivity contribution in [1.82, 2.24) is 0 Å². The second-order valence-corrected chi connectivity index (χ2v) is 6.60. The van der Waals surface area contributed by atoms with E-state index in [1.165, 1.54) is 11.3 Å². The van der Waals surface area contributed by atoms with Crippen LogP contribution in [0.3, 0.4) is 0 Å². The van der Waals surface area contributed by atoms with Crippen LogP contribution in [0.2, 0.25) is 0 Å². The predicted octanol–water partition coefficient (Wildman–Crippen LogP) is 3.34. The number of hydrogen-bond acceptors (Lipinski definition) is 5. The molecule has 1 aromatic heterocycles. The molecule has 0 bridgehead atoms. The van der Waals surface area contributed by atoms with Gasteiger partial charge in [-0.15, -0.1) is 11.3 Å². The van der Waals surface area contributed by atoms with E-state index in [9.17, 15) is 15.8 Å². The van der Waals surface area contributed by atoms with Gasteiger partial charge in [0.25, 0.3) is 0 Å². The fourth-order valence-electron chi connectivity index (χ4n) is 3.65. The first-order valence-corrected chi connectivity index (χ1v) is 8.04. The van der Waals surface area contributed by atoms with Crippen molar-refractivity contribution in [2.75, 3.05) is 0 Å². The summed E-state index contributed by atoms with van der Waals surface area (Å²) >= 11 is 1.54. The molecule has 0 spiro atoms. The van der Waals surface area contributed by atoms with Gasteiger partial charge < -0.3 is 5.73 Å². The Hall–Kier alpha value is -2.55. The van der Waals surface area contributed by atoms with Gasteiger partial charge in [-0.1, -0.05) is 12.1 Å². The van der Waals surface area contributed by atoms with Gasteiger partial charge >= 0.3 is 0 Å². The van der Waals surface area contributed by atoms with Gasteiger partial charge in [-0.3, -0.25) is 0 Å². The predicted molar refractivity (Wildman–Crippen MR) is 83.0 cm³/mol. The van der Waals surface area contributed by atoms with E-state index in [1.54, 1.807) is 0 Å². The van der Waals surface area contributed by atoms with Crippen molar-refractivity contribution in [1.29, 1.82) is 15.8 Å². The van der Waals surface area contributed by atoms with Crippen molar-refractivity contribution in [3.63, 3.8) is 0 Å². The van der Waals surface area contributed by atoms with Crippen molar-refractivity contribution in [3.8, 4) is 18.2 Å². The molecule has 22 heavy (non-hydrogen) atoms. The highest BCUT2D eigenvalue weighted by Gasteiger charge is 2.54. The van der Waals surface area contributed by atoms with E-state index in [4.69, 9.17) is 5.73 Å². The largest absolute Gasteiger partial charge is 0.399 e. The third-order valence-corrected chi connectivity index (χ3v) is 5.60. The molecular formula is C17H14N4S. The van der Waals surface area contributed by atoms with Gasteiger partial charge in [0.1, 0.15) is 6.07 Å². The van der Waals surface area contributed by atoms with Crippen LogP contribution >= 0.6 is 11.3 Å². The second kappa shape index (κ2) is 5.34. The monoisotopic (exact) mass is 306 g/mol. The number of nitrogens with two attached hydrogens (primary N) is 1. The van der Waals surface area contributed by atoms with Crippen molar-refractivity contribution in [3.05, 3.63) is 45.3 Å². The molecule has 4 nitrogen and oxygen atoms in total. The van der Waals surface area contributed by atoms with E-state index < -0.39 is 5.41 Å². The van der Waals surface area contributed by atoms with Crippen LogP contribution in [0, 0.1) is 45.3 Å². The van der Waals surface area contributed by atoms with Crippen LogP contribution in [0.4, 0.5) is 0 Å². The maximum absolute atomic E-state index is 9.77. The first kappa shape index (κ1) is 14.4. The molecule has 108 valence electrons. The summed E-state index contributed by atoms with van der Waals surface area (Å²) in [6, 6.07) is 10.3. The van der Waals surface area contributed by atoms with Crippen LogP contribution in [0.15, 0.2) is 40.4 Å². The molecule has 0 aliphatic heterocycles. The van der Waals surface area contributed by atoms with Gasteiger partial charge in [-0.2, -0.15) is 15.8 Å². The smallest absolute Gasteiger partial charge is 0.192 e. The lowest BCUT2D eigenvalue weighted by atomic mass is 9.58. The highest BCUT2D eigenvalue weighted by Crippen LogP contribution is 2.56. The zero-order valence-electron chi connectivity index (χ0n) is 11.9. The number of rotatable bonds is 1. The molecule has 1 heterocycles. The van der Waals surface area contributed by atoms with Gasteiger partial charge in [0.2, 0.25) is 0 Å². The minimum Gasteiger partial charge on any atom is -0.399 e. The quantitative estimate of drug-likeness (QED) is 0.860. The van der Waals surface area contributed by atoms with Gasteiger partial charge in [-0.05, 0) is 42.2 Å². The molecule has 5 heteroatoms. The molecule has 0 amide bonds. The molecule has 0 aromatic carbocycles. The number of thiophene rings is 1. The number of hydrogen-bond donors (Lipinski definition) is 1. The average molecular weight is 306 g/mol. The Morgan fingerprint density at radius 3 is 2.64 bits per heavy atom. The maximum Gasteiger partial charge on any atom is 0.192 e. The van der Waals surface area contributed by atoms with Gasteiger partial charge in [-0.25, -0.2) is 0 Å². The van der Waals surface area contributed by atoms with Crippen LogP contribution < -0.4 is 5.73 Å². The molecule has 0 saturated heterocycles. The van der Waals surface area contributed by atoms with Gasteiger partial charge in [0.15, 0.2) is 5.41 Å². The molecular weight excluding hydrogens is 292 g/mol. The molecule has 2 N–H and O–H groups in total. The molecule has 2 aliphatic carbocycles.